The third-order valence-electron chi connectivity index (χ3n) is 3.36. The van der Waals surface area contributed by atoms with Gasteiger partial charge in [0, 0.05) is 10.7 Å². The molecule has 0 atom stereocenters. The van der Waals surface area contributed by atoms with Gasteiger partial charge in [-0.15, -0.1) is 0 Å². The second-order valence-electron chi connectivity index (χ2n) is 5.14. The Bertz CT molecular complexity index is 1050. The summed E-state index contributed by atoms with van der Waals surface area (Å²) in [5.41, 5.74) is 0.156. The Hall–Kier alpha value is -2.15. The van der Waals surface area contributed by atoms with Gasteiger partial charge in [-0.1, -0.05) is 34.8 Å². The summed E-state index contributed by atoms with van der Waals surface area (Å²) in [6.45, 7) is -0.291. The van der Waals surface area contributed by atoms with Gasteiger partial charge in [0.25, 0.3) is 5.56 Å². The molecule has 3 rings (SSSR count). The van der Waals surface area contributed by atoms with E-state index in [1.54, 1.807) is 0 Å². The third kappa shape index (κ3) is 3.76. The van der Waals surface area contributed by atoms with Crippen molar-refractivity contribution in [2.24, 2.45) is 0 Å². The SMILES string of the molecule is O=C(Cn1cnc2c(Cl)cc(Cl)cc2c1=O)Nc1ccc(F)c(Cl)c1. The Morgan fingerprint density at radius 1 is 1.16 bits per heavy atom. The van der Waals surface area contributed by atoms with Crippen LogP contribution in [0.25, 0.3) is 10.9 Å². The second-order valence-corrected chi connectivity index (χ2v) is 6.39. The van der Waals surface area contributed by atoms with Crippen LogP contribution in [0.1, 0.15) is 0 Å². The van der Waals surface area contributed by atoms with Crippen LogP contribution < -0.4 is 10.9 Å². The molecule has 1 aromatic heterocycles. The first-order valence-electron chi connectivity index (χ1n) is 6.94. The van der Waals surface area contributed by atoms with E-state index in [9.17, 15) is 14.0 Å². The van der Waals surface area contributed by atoms with Gasteiger partial charge in [0.05, 0.1) is 27.3 Å². The largest absolute Gasteiger partial charge is 0.324 e. The molecule has 3 aromatic rings. The monoisotopic (exact) mass is 399 g/mol. The number of halogens is 4. The molecule has 0 fully saturated rings. The van der Waals surface area contributed by atoms with Gasteiger partial charge in [-0.3, -0.25) is 14.2 Å². The summed E-state index contributed by atoms with van der Waals surface area (Å²) in [6.07, 6.45) is 1.22. The number of hydrogen-bond acceptors (Lipinski definition) is 3. The lowest BCUT2D eigenvalue weighted by Gasteiger charge is -2.09. The molecule has 0 radical (unpaired) electrons. The van der Waals surface area contributed by atoms with Gasteiger partial charge in [-0.25, -0.2) is 9.37 Å². The topological polar surface area (TPSA) is 64.0 Å². The maximum atomic E-state index is 13.1. The second kappa shape index (κ2) is 7.00. The summed E-state index contributed by atoms with van der Waals surface area (Å²) in [6, 6.07) is 6.68. The lowest BCUT2D eigenvalue weighted by Crippen LogP contribution is -2.28. The van der Waals surface area contributed by atoms with E-state index in [-0.39, 0.29) is 22.0 Å². The van der Waals surface area contributed by atoms with Crippen LogP contribution in [-0.2, 0) is 11.3 Å². The molecule has 0 unspecified atom stereocenters. The first-order chi connectivity index (χ1) is 11.8. The van der Waals surface area contributed by atoms with E-state index in [0.717, 1.165) is 10.6 Å². The number of nitrogens with one attached hydrogen (secondary N) is 1. The average Bonchev–Trinajstić information content (AvgIpc) is 2.54. The normalized spacial score (nSPS) is 10.9. The lowest BCUT2D eigenvalue weighted by molar-refractivity contribution is -0.116. The molecule has 128 valence electrons. The van der Waals surface area contributed by atoms with Crippen LogP contribution in [-0.4, -0.2) is 15.5 Å². The van der Waals surface area contributed by atoms with Gasteiger partial charge in [0.2, 0.25) is 5.91 Å². The summed E-state index contributed by atoms with van der Waals surface area (Å²) in [5.74, 6) is -1.09. The van der Waals surface area contributed by atoms with Crippen LogP contribution in [0.4, 0.5) is 10.1 Å². The molecular formula is C16H9Cl3FN3O2. The third-order valence-corrected chi connectivity index (χ3v) is 4.16. The molecule has 1 N–H and O–H groups in total. The Kier molecular flexibility index (Phi) is 4.94. The number of anilines is 1. The van der Waals surface area contributed by atoms with E-state index >= 15 is 0 Å². The minimum atomic E-state index is -0.594. The predicted molar refractivity (Wildman–Crippen MR) is 96.1 cm³/mol. The summed E-state index contributed by atoms with van der Waals surface area (Å²) in [5, 5.41) is 3.15. The molecular weight excluding hydrogens is 392 g/mol. The quantitative estimate of drug-likeness (QED) is 0.719. The van der Waals surface area contributed by atoms with Gasteiger partial charge < -0.3 is 5.32 Å². The summed E-state index contributed by atoms with van der Waals surface area (Å²) < 4.78 is 14.3. The zero-order valence-electron chi connectivity index (χ0n) is 12.4. The van der Waals surface area contributed by atoms with Crippen molar-refractivity contribution in [3.63, 3.8) is 0 Å². The number of carbonyl (C=O) groups is 1. The minimum Gasteiger partial charge on any atom is -0.324 e. The van der Waals surface area contributed by atoms with Crippen LogP contribution in [0.3, 0.4) is 0 Å². The van der Waals surface area contributed by atoms with Crippen LogP contribution >= 0.6 is 34.8 Å². The fourth-order valence-electron chi connectivity index (χ4n) is 2.24. The van der Waals surface area contributed by atoms with Crippen molar-refractivity contribution in [1.82, 2.24) is 9.55 Å². The van der Waals surface area contributed by atoms with Crippen molar-refractivity contribution in [3.8, 4) is 0 Å². The molecule has 0 aliphatic carbocycles. The van der Waals surface area contributed by atoms with Gasteiger partial charge in [-0.2, -0.15) is 0 Å². The summed E-state index contributed by atoms with van der Waals surface area (Å²) in [7, 11) is 0. The van der Waals surface area contributed by atoms with E-state index in [1.807, 2.05) is 0 Å². The van der Waals surface area contributed by atoms with E-state index in [1.165, 1.54) is 30.6 Å². The standard InChI is InChI=1S/C16H9Cl3FN3O2/c17-8-3-10-15(12(19)4-8)21-7-23(16(10)25)6-14(24)22-9-1-2-13(20)11(18)5-9/h1-5,7H,6H2,(H,22,24). The van der Waals surface area contributed by atoms with Crippen LogP contribution in [0.5, 0.6) is 0 Å². The molecule has 1 heterocycles. The Morgan fingerprint density at radius 3 is 2.64 bits per heavy atom. The first kappa shape index (κ1) is 17.7. The highest BCUT2D eigenvalue weighted by Crippen LogP contribution is 2.24. The predicted octanol–water partition coefficient (Wildman–Crippen LogP) is 4.13. The highest BCUT2D eigenvalue weighted by molar-refractivity contribution is 6.38. The molecule has 0 bridgehead atoms. The molecule has 0 aliphatic heterocycles. The van der Waals surface area contributed by atoms with Gasteiger partial charge in [0.15, 0.2) is 0 Å². The van der Waals surface area contributed by atoms with Crippen molar-refractivity contribution < 1.29 is 9.18 Å². The Balaban J connectivity index is 1.87. The van der Waals surface area contributed by atoms with Gasteiger partial charge in [0.1, 0.15) is 12.4 Å². The fraction of sp³-hybridized carbons (Fsp3) is 0.0625. The first-order valence-corrected chi connectivity index (χ1v) is 8.07. The highest BCUT2D eigenvalue weighted by Gasteiger charge is 2.12. The van der Waals surface area contributed by atoms with Gasteiger partial charge >= 0.3 is 0 Å². The molecule has 5 nitrogen and oxygen atoms in total. The summed E-state index contributed by atoms with van der Waals surface area (Å²) >= 11 is 17.6. The number of fused-ring (bicyclic) bond motifs is 1. The molecule has 0 saturated heterocycles. The zero-order chi connectivity index (χ0) is 18.1. The van der Waals surface area contributed by atoms with Crippen molar-refractivity contribution >= 4 is 57.3 Å². The highest BCUT2D eigenvalue weighted by atomic mass is 35.5. The van der Waals surface area contributed by atoms with E-state index in [0.29, 0.717) is 16.2 Å². The zero-order valence-corrected chi connectivity index (χ0v) is 14.7. The molecule has 9 heteroatoms. The lowest BCUT2D eigenvalue weighted by atomic mass is 10.2. The van der Waals surface area contributed by atoms with Crippen molar-refractivity contribution in [3.05, 3.63) is 67.9 Å². The number of aromatic nitrogens is 2. The number of carbonyl (C=O) groups excluding carboxylic acids is 1. The van der Waals surface area contributed by atoms with E-state index in [4.69, 9.17) is 34.8 Å². The van der Waals surface area contributed by atoms with Crippen molar-refractivity contribution in [1.29, 1.82) is 0 Å². The molecule has 0 spiro atoms. The van der Waals surface area contributed by atoms with E-state index in [2.05, 4.69) is 10.3 Å². The van der Waals surface area contributed by atoms with Crippen LogP contribution in [0.15, 0.2) is 41.5 Å². The molecule has 25 heavy (non-hydrogen) atoms. The van der Waals surface area contributed by atoms with Crippen molar-refractivity contribution in [2.45, 2.75) is 6.54 Å². The summed E-state index contributed by atoms with van der Waals surface area (Å²) in [4.78, 5) is 28.7. The van der Waals surface area contributed by atoms with Crippen LogP contribution in [0.2, 0.25) is 15.1 Å². The Morgan fingerprint density at radius 2 is 1.92 bits per heavy atom. The van der Waals surface area contributed by atoms with Crippen molar-refractivity contribution in [2.75, 3.05) is 5.32 Å². The average molecular weight is 401 g/mol. The van der Waals surface area contributed by atoms with Gasteiger partial charge in [-0.05, 0) is 30.3 Å². The number of hydrogen-bond donors (Lipinski definition) is 1. The molecule has 2 aromatic carbocycles. The Labute approximate surface area is 155 Å². The molecule has 0 aliphatic rings. The van der Waals surface area contributed by atoms with Crippen LogP contribution in [0, 0.1) is 5.82 Å². The molecule has 0 saturated carbocycles. The smallest absolute Gasteiger partial charge is 0.261 e. The molecule has 1 amide bonds. The fourth-order valence-corrected chi connectivity index (χ4v) is 2.96. The number of benzene rings is 2. The maximum absolute atomic E-state index is 13.1. The number of rotatable bonds is 3. The maximum Gasteiger partial charge on any atom is 0.261 e. The number of nitrogens with zero attached hydrogens (tertiary/aromatic N) is 2. The number of amides is 1. The van der Waals surface area contributed by atoms with E-state index < -0.39 is 17.3 Å². The minimum absolute atomic E-state index is 0.119.